The van der Waals surface area contributed by atoms with Gasteiger partial charge in [0, 0.05) is 12.2 Å². The van der Waals surface area contributed by atoms with Gasteiger partial charge in [-0.3, -0.25) is 0 Å². The van der Waals surface area contributed by atoms with Crippen molar-refractivity contribution in [2.75, 3.05) is 5.75 Å². The summed E-state index contributed by atoms with van der Waals surface area (Å²) in [6, 6.07) is 3.65. The van der Waals surface area contributed by atoms with Crippen LogP contribution in [0, 0.1) is 22.7 Å². The molecule has 0 aromatic carbocycles. The Labute approximate surface area is 79.4 Å². The Morgan fingerprint density at radius 3 is 2.45 bits per heavy atom. The molecule has 0 bridgehead atoms. The molecular formula is C6H4Cl2N2S. The van der Waals surface area contributed by atoms with E-state index in [1.54, 1.807) is 6.07 Å². The number of rotatable bonds is 3. The van der Waals surface area contributed by atoms with Crippen LogP contribution in [0.1, 0.15) is 6.42 Å². The molecule has 0 heterocycles. The Bertz CT molecular complexity index is 236. The molecule has 0 N–H and O–H groups in total. The Kier molecular flexibility index (Phi) is 6.16. The van der Waals surface area contributed by atoms with E-state index in [0.717, 1.165) is 0 Å². The summed E-state index contributed by atoms with van der Waals surface area (Å²) in [6.45, 7) is 0. The monoisotopic (exact) mass is 206 g/mol. The molecule has 58 valence electrons. The first kappa shape index (κ1) is 10.7. The van der Waals surface area contributed by atoms with Crippen molar-refractivity contribution in [3.05, 3.63) is 9.40 Å². The highest BCUT2D eigenvalue weighted by atomic mass is 35.5. The number of halogens is 2. The van der Waals surface area contributed by atoms with Crippen LogP contribution in [0.3, 0.4) is 0 Å². The van der Waals surface area contributed by atoms with Crippen molar-refractivity contribution in [1.82, 2.24) is 0 Å². The van der Waals surface area contributed by atoms with Crippen molar-refractivity contribution in [2.45, 2.75) is 6.42 Å². The third kappa shape index (κ3) is 4.98. The minimum atomic E-state index is -0.0189. The zero-order valence-electron chi connectivity index (χ0n) is 5.47. The van der Waals surface area contributed by atoms with Gasteiger partial charge in [0.05, 0.1) is 6.07 Å². The van der Waals surface area contributed by atoms with Gasteiger partial charge in [-0.15, -0.1) is 11.8 Å². The highest BCUT2D eigenvalue weighted by Crippen LogP contribution is 2.26. The van der Waals surface area contributed by atoms with Crippen LogP contribution >= 0.6 is 35.0 Å². The maximum absolute atomic E-state index is 8.26. The van der Waals surface area contributed by atoms with Gasteiger partial charge in [0.1, 0.15) is 15.5 Å². The van der Waals surface area contributed by atoms with Crippen LogP contribution in [0.25, 0.3) is 0 Å². The van der Waals surface area contributed by atoms with Crippen LogP contribution in [0.5, 0.6) is 0 Å². The molecule has 11 heavy (non-hydrogen) atoms. The maximum atomic E-state index is 8.26. The molecule has 0 aliphatic carbocycles. The molecule has 0 amide bonds. The first-order chi connectivity index (χ1) is 5.22. The lowest BCUT2D eigenvalue weighted by atomic mass is 10.6. The third-order valence-corrected chi connectivity index (χ3v) is 2.58. The van der Waals surface area contributed by atoms with Gasteiger partial charge in [-0.25, -0.2) is 0 Å². The van der Waals surface area contributed by atoms with Crippen molar-refractivity contribution < 1.29 is 0 Å². The molecule has 0 spiro atoms. The standard InChI is InChI=1S/C6H4Cl2N2S/c7-5(4-10)6(8)11-3-1-2-9/h1,3H2. The summed E-state index contributed by atoms with van der Waals surface area (Å²) in [4.78, 5) is 0. The smallest absolute Gasteiger partial charge is 0.143 e. The quantitative estimate of drug-likeness (QED) is 0.528. The van der Waals surface area contributed by atoms with Crippen molar-refractivity contribution in [3.8, 4) is 12.1 Å². The summed E-state index contributed by atoms with van der Waals surface area (Å²) in [5.74, 6) is 0.563. The molecule has 0 saturated carbocycles. The second kappa shape index (κ2) is 6.37. The van der Waals surface area contributed by atoms with Gasteiger partial charge in [0.15, 0.2) is 0 Å². The van der Waals surface area contributed by atoms with Crippen LogP contribution in [-0.2, 0) is 0 Å². The van der Waals surface area contributed by atoms with Gasteiger partial charge in [-0.05, 0) is 0 Å². The van der Waals surface area contributed by atoms with Gasteiger partial charge in [-0.2, -0.15) is 10.5 Å². The van der Waals surface area contributed by atoms with E-state index in [0.29, 0.717) is 12.2 Å². The molecule has 2 nitrogen and oxygen atoms in total. The maximum Gasteiger partial charge on any atom is 0.143 e. The molecule has 0 unspecified atom stereocenters. The van der Waals surface area contributed by atoms with Crippen molar-refractivity contribution >= 4 is 35.0 Å². The Morgan fingerprint density at radius 1 is 1.36 bits per heavy atom. The predicted octanol–water partition coefficient (Wildman–Crippen LogP) is 2.80. The summed E-state index contributed by atoms with van der Waals surface area (Å²) in [5.41, 5.74) is 0. The number of hydrogen-bond donors (Lipinski definition) is 0. The number of nitrogens with zero attached hydrogens (tertiary/aromatic N) is 2. The Balaban J connectivity index is 3.81. The number of nitriles is 2. The van der Waals surface area contributed by atoms with Gasteiger partial charge in [0.2, 0.25) is 0 Å². The second-order valence-electron chi connectivity index (χ2n) is 1.46. The van der Waals surface area contributed by atoms with E-state index in [-0.39, 0.29) is 9.40 Å². The van der Waals surface area contributed by atoms with E-state index in [1.807, 2.05) is 6.07 Å². The van der Waals surface area contributed by atoms with Crippen LogP contribution in [-0.4, -0.2) is 5.75 Å². The average Bonchev–Trinajstić information content (AvgIpc) is 2.03. The molecule has 0 saturated heterocycles. The zero-order valence-corrected chi connectivity index (χ0v) is 7.80. The molecule has 0 radical (unpaired) electrons. The average molecular weight is 207 g/mol. The second-order valence-corrected chi connectivity index (χ2v) is 3.54. The van der Waals surface area contributed by atoms with Gasteiger partial charge < -0.3 is 0 Å². The third-order valence-electron chi connectivity index (χ3n) is 0.713. The van der Waals surface area contributed by atoms with Gasteiger partial charge in [0.25, 0.3) is 0 Å². The first-order valence-corrected chi connectivity index (χ1v) is 4.41. The Hall–Kier alpha value is -0.350. The van der Waals surface area contributed by atoms with Crippen LogP contribution in [0.2, 0.25) is 0 Å². The lowest BCUT2D eigenvalue weighted by molar-refractivity contribution is 1.24. The molecule has 0 atom stereocenters. The minimum absolute atomic E-state index is 0.0189. The molecule has 5 heteroatoms. The topological polar surface area (TPSA) is 47.6 Å². The van der Waals surface area contributed by atoms with Crippen molar-refractivity contribution in [2.24, 2.45) is 0 Å². The van der Waals surface area contributed by atoms with Crippen molar-refractivity contribution in [3.63, 3.8) is 0 Å². The predicted molar refractivity (Wildman–Crippen MR) is 47.0 cm³/mol. The summed E-state index contributed by atoms with van der Waals surface area (Å²) < 4.78 is 0.254. The number of hydrogen-bond acceptors (Lipinski definition) is 3. The SMILES string of the molecule is N#CCCSC(Cl)=C(Cl)C#N. The van der Waals surface area contributed by atoms with E-state index >= 15 is 0 Å². The van der Waals surface area contributed by atoms with E-state index < -0.39 is 0 Å². The summed E-state index contributed by atoms with van der Waals surface area (Å²) in [5, 5.41) is 16.4. The van der Waals surface area contributed by atoms with Crippen LogP contribution < -0.4 is 0 Å². The molecule has 0 rings (SSSR count). The summed E-state index contributed by atoms with van der Waals surface area (Å²) >= 11 is 12.1. The highest BCUT2D eigenvalue weighted by Gasteiger charge is 2.00. The van der Waals surface area contributed by atoms with Crippen LogP contribution in [0.15, 0.2) is 9.40 Å². The molecule has 0 aromatic rings. The number of thioether (sulfide) groups is 1. The van der Waals surface area contributed by atoms with E-state index in [9.17, 15) is 0 Å². The molecular weight excluding hydrogens is 203 g/mol. The van der Waals surface area contributed by atoms with Crippen molar-refractivity contribution in [1.29, 1.82) is 10.5 Å². The fraction of sp³-hybridized carbons (Fsp3) is 0.333. The lowest BCUT2D eigenvalue weighted by Gasteiger charge is -1.93. The first-order valence-electron chi connectivity index (χ1n) is 2.67. The zero-order chi connectivity index (χ0) is 8.69. The van der Waals surface area contributed by atoms with E-state index in [1.165, 1.54) is 11.8 Å². The van der Waals surface area contributed by atoms with E-state index in [4.69, 9.17) is 33.7 Å². The molecule has 0 aliphatic rings. The largest absolute Gasteiger partial charge is 0.198 e. The molecule has 0 fully saturated rings. The number of allylic oxidation sites excluding steroid dienone is 1. The molecule has 0 aliphatic heterocycles. The normalized spacial score (nSPS) is 11.3. The van der Waals surface area contributed by atoms with Gasteiger partial charge >= 0.3 is 0 Å². The van der Waals surface area contributed by atoms with Gasteiger partial charge in [-0.1, -0.05) is 23.2 Å². The van der Waals surface area contributed by atoms with Crippen LogP contribution in [0.4, 0.5) is 0 Å². The minimum Gasteiger partial charge on any atom is -0.198 e. The fourth-order valence-corrected chi connectivity index (χ4v) is 1.28. The summed E-state index contributed by atoms with van der Waals surface area (Å²) in [6.07, 6.45) is 0.399. The summed E-state index contributed by atoms with van der Waals surface area (Å²) in [7, 11) is 0. The lowest BCUT2D eigenvalue weighted by Crippen LogP contribution is -1.75. The fourth-order valence-electron chi connectivity index (χ4n) is 0.294. The highest BCUT2D eigenvalue weighted by molar-refractivity contribution is 8.04. The Morgan fingerprint density at radius 2 is 2.00 bits per heavy atom. The molecule has 0 aromatic heterocycles. The van der Waals surface area contributed by atoms with E-state index in [2.05, 4.69) is 0 Å².